The number of rotatable bonds is 1. The van der Waals surface area contributed by atoms with Crippen molar-refractivity contribution >= 4 is 0 Å². The van der Waals surface area contributed by atoms with Crippen LogP contribution in [0.2, 0.25) is 0 Å². The van der Waals surface area contributed by atoms with Gasteiger partial charge in [0.2, 0.25) is 0 Å². The van der Waals surface area contributed by atoms with Crippen LogP contribution in [0.4, 0.5) is 0 Å². The molecule has 0 saturated heterocycles. The molecule has 2 aromatic carbocycles. The number of hydrogen-bond acceptors (Lipinski definition) is 3. The summed E-state index contributed by atoms with van der Waals surface area (Å²) in [6.45, 7) is 5.28. The van der Waals surface area contributed by atoms with Crippen LogP contribution in [0.25, 0.3) is 11.1 Å². The van der Waals surface area contributed by atoms with Crippen molar-refractivity contribution in [3.05, 3.63) is 41.0 Å². The van der Waals surface area contributed by atoms with Gasteiger partial charge in [0.05, 0.1) is 0 Å². The van der Waals surface area contributed by atoms with Crippen LogP contribution < -0.4 is 0 Å². The third kappa shape index (κ3) is 1.78. The Kier molecular flexibility index (Phi) is 2.91. The van der Waals surface area contributed by atoms with Crippen molar-refractivity contribution in [2.75, 3.05) is 0 Å². The fourth-order valence-corrected chi connectivity index (χ4v) is 2.13. The molecule has 0 saturated carbocycles. The molecule has 0 aromatic heterocycles. The maximum atomic E-state index is 10.2. The van der Waals surface area contributed by atoms with Crippen molar-refractivity contribution in [1.29, 1.82) is 0 Å². The Bertz CT molecular complexity index is 586. The number of hydrogen-bond donors (Lipinski definition) is 3. The first kappa shape index (κ1) is 12.3. The van der Waals surface area contributed by atoms with Crippen molar-refractivity contribution < 1.29 is 15.3 Å². The Morgan fingerprint density at radius 2 is 1.39 bits per heavy atom. The predicted octanol–water partition coefficient (Wildman–Crippen LogP) is 3.40. The molecular formula is C15H16O3. The van der Waals surface area contributed by atoms with Crippen LogP contribution in [0.15, 0.2) is 24.3 Å². The minimum atomic E-state index is 0.129. The molecule has 94 valence electrons. The van der Waals surface area contributed by atoms with E-state index in [0.717, 1.165) is 0 Å². The summed E-state index contributed by atoms with van der Waals surface area (Å²) in [6, 6.07) is 6.62. The molecule has 0 atom stereocenters. The molecule has 0 bridgehead atoms. The van der Waals surface area contributed by atoms with Crippen molar-refractivity contribution in [2.45, 2.75) is 20.8 Å². The second-order valence-electron chi connectivity index (χ2n) is 4.50. The maximum Gasteiger partial charge on any atom is 0.127 e. The zero-order valence-corrected chi connectivity index (χ0v) is 10.7. The van der Waals surface area contributed by atoms with Gasteiger partial charge in [0.15, 0.2) is 0 Å². The average Bonchev–Trinajstić information content (AvgIpc) is 2.34. The molecule has 2 rings (SSSR count). The van der Waals surface area contributed by atoms with E-state index in [1.54, 1.807) is 45.0 Å². The van der Waals surface area contributed by atoms with Gasteiger partial charge in [0, 0.05) is 11.1 Å². The minimum absolute atomic E-state index is 0.129. The van der Waals surface area contributed by atoms with E-state index in [4.69, 9.17) is 0 Å². The summed E-state index contributed by atoms with van der Waals surface area (Å²) >= 11 is 0. The first-order valence-electron chi connectivity index (χ1n) is 5.74. The van der Waals surface area contributed by atoms with Gasteiger partial charge in [0.25, 0.3) is 0 Å². The molecule has 3 heteroatoms. The molecule has 3 nitrogen and oxygen atoms in total. The number of benzene rings is 2. The smallest absolute Gasteiger partial charge is 0.127 e. The Morgan fingerprint density at radius 3 is 2.00 bits per heavy atom. The zero-order chi connectivity index (χ0) is 13.4. The lowest BCUT2D eigenvalue weighted by molar-refractivity contribution is 0.451. The van der Waals surface area contributed by atoms with E-state index in [2.05, 4.69) is 0 Å². The highest BCUT2D eigenvalue weighted by Gasteiger charge is 2.17. The summed E-state index contributed by atoms with van der Waals surface area (Å²) in [5.41, 5.74) is 3.18. The van der Waals surface area contributed by atoms with Gasteiger partial charge >= 0.3 is 0 Å². The first-order chi connectivity index (χ1) is 8.43. The molecule has 0 unspecified atom stereocenters. The molecule has 0 aliphatic heterocycles. The zero-order valence-electron chi connectivity index (χ0n) is 10.7. The van der Waals surface area contributed by atoms with Gasteiger partial charge in [-0.05, 0) is 49.6 Å². The summed E-state index contributed by atoms with van der Waals surface area (Å²) in [4.78, 5) is 0. The van der Waals surface area contributed by atoms with Gasteiger partial charge in [0.1, 0.15) is 17.2 Å². The monoisotopic (exact) mass is 244 g/mol. The van der Waals surface area contributed by atoms with Crippen LogP contribution in [0.3, 0.4) is 0 Å². The van der Waals surface area contributed by atoms with Crippen LogP contribution in [-0.2, 0) is 0 Å². The molecule has 0 heterocycles. The van der Waals surface area contributed by atoms with E-state index < -0.39 is 0 Å². The largest absolute Gasteiger partial charge is 0.508 e. The van der Waals surface area contributed by atoms with Gasteiger partial charge < -0.3 is 15.3 Å². The number of phenolic OH excluding ortho intramolecular Hbond substituents is 3. The highest BCUT2D eigenvalue weighted by molar-refractivity contribution is 5.79. The van der Waals surface area contributed by atoms with Crippen molar-refractivity contribution in [2.24, 2.45) is 0 Å². The highest BCUT2D eigenvalue weighted by Crippen LogP contribution is 2.42. The van der Waals surface area contributed by atoms with Crippen LogP contribution in [-0.4, -0.2) is 15.3 Å². The Balaban J connectivity index is 2.80. The van der Waals surface area contributed by atoms with Crippen molar-refractivity contribution in [1.82, 2.24) is 0 Å². The molecule has 3 N–H and O–H groups in total. The first-order valence-corrected chi connectivity index (χ1v) is 5.74. The van der Waals surface area contributed by atoms with Gasteiger partial charge in [-0.15, -0.1) is 0 Å². The SMILES string of the molecule is Cc1c(C)c(O)c(-c2cccc(O)c2)c(C)c1O. The third-order valence-electron chi connectivity index (χ3n) is 3.37. The van der Waals surface area contributed by atoms with E-state index in [1.165, 1.54) is 0 Å². The molecule has 0 fully saturated rings. The molecule has 0 spiro atoms. The van der Waals surface area contributed by atoms with Crippen LogP contribution >= 0.6 is 0 Å². The summed E-state index contributed by atoms with van der Waals surface area (Å²) in [5.74, 6) is 0.459. The quantitative estimate of drug-likeness (QED) is 0.674. The molecule has 0 amide bonds. The standard InChI is InChI=1S/C15H16O3/c1-8-9(2)15(18)13(10(3)14(8)17)11-5-4-6-12(16)7-11/h4-7,16-18H,1-3H3. The number of phenols is 3. The van der Waals surface area contributed by atoms with Crippen LogP contribution in [0.1, 0.15) is 16.7 Å². The Labute approximate surface area is 106 Å². The number of aromatic hydroxyl groups is 3. The summed E-state index contributed by atoms with van der Waals surface area (Å²) in [5, 5.41) is 29.8. The van der Waals surface area contributed by atoms with Crippen molar-refractivity contribution in [3.8, 4) is 28.4 Å². The lowest BCUT2D eigenvalue weighted by Gasteiger charge is -2.16. The van der Waals surface area contributed by atoms with E-state index in [0.29, 0.717) is 27.8 Å². The summed E-state index contributed by atoms with van der Waals surface area (Å²) in [6.07, 6.45) is 0. The Morgan fingerprint density at radius 1 is 0.778 bits per heavy atom. The summed E-state index contributed by atoms with van der Waals surface area (Å²) < 4.78 is 0. The molecular weight excluding hydrogens is 228 g/mol. The molecule has 0 radical (unpaired) electrons. The Hall–Kier alpha value is -2.16. The molecule has 18 heavy (non-hydrogen) atoms. The predicted molar refractivity (Wildman–Crippen MR) is 71.1 cm³/mol. The van der Waals surface area contributed by atoms with E-state index in [1.807, 2.05) is 0 Å². The van der Waals surface area contributed by atoms with Crippen LogP contribution in [0, 0.1) is 20.8 Å². The lowest BCUT2D eigenvalue weighted by atomic mass is 9.93. The lowest BCUT2D eigenvalue weighted by Crippen LogP contribution is -1.92. The third-order valence-corrected chi connectivity index (χ3v) is 3.37. The summed E-state index contributed by atoms with van der Waals surface area (Å²) in [7, 11) is 0. The van der Waals surface area contributed by atoms with Gasteiger partial charge in [-0.25, -0.2) is 0 Å². The topological polar surface area (TPSA) is 60.7 Å². The van der Waals surface area contributed by atoms with Gasteiger partial charge in [-0.2, -0.15) is 0 Å². The normalized spacial score (nSPS) is 10.6. The fraction of sp³-hybridized carbons (Fsp3) is 0.200. The second-order valence-corrected chi connectivity index (χ2v) is 4.50. The molecule has 0 aliphatic rings. The molecule has 0 aliphatic carbocycles. The van der Waals surface area contributed by atoms with Crippen LogP contribution in [0.5, 0.6) is 17.2 Å². The van der Waals surface area contributed by atoms with Gasteiger partial charge in [-0.1, -0.05) is 12.1 Å². The van der Waals surface area contributed by atoms with E-state index in [9.17, 15) is 15.3 Å². The molecule has 2 aromatic rings. The van der Waals surface area contributed by atoms with E-state index >= 15 is 0 Å². The average molecular weight is 244 g/mol. The van der Waals surface area contributed by atoms with E-state index in [-0.39, 0.29) is 17.2 Å². The second kappa shape index (κ2) is 4.26. The van der Waals surface area contributed by atoms with Crippen molar-refractivity contribution in [3.63, 3.8) is 0 Å². The minimum Gasteiger partial charge on any atom is -0.508 e. The van der Waals surface area contributed by atoms with Gasteiger partial charge in [-0.3, -0.25) is 0 Å². The fourth-order valence-electron chi connectivity index (χ4n) is 2.13. The highest BCUT2D eigenvalue weighted by atomic mass is 16.3. The maximum absolute atomic E-state index is 10.2.